The van der Waals surface area contributed by atoms with E-state index < -0.39 is 0 Å². The molecule has 0 fully saturated rings. The first-order valence-electron chi connectivity index (χ1n) is 6.77. The highest BCUT2D eigenvalue weighted by molar-refractivity contribution is 5.35. The number of hydrogen-bond acceptors (Lipinski definition) is 3. The predicted molar refractivity (Wildman–Crippen MR) is 78.5 cm³/mol. The Morgan fingerprint density at radius 3 is 2.80 bits per heavy atom. The molecule has 0 aliphatic carbocycles. The monoisotopic (exact) mass is 274 g/mol. The summed E-state index contributed by atoms with van der Waals surface area (Å²) in [5.41, 5.74) is 1.88. The first-order chi connectivity index (χ1) is 9.69. The first kappa shape index (κ1) is 14.3. The van der Waals surface area contributed by atoms with Gasteiger partial charge in [-0.3, -0.25) is 0 Å². The molecule has 2 rings (SSSR count). The molecule has 0 aliphatic rings. The van der Waals surface area contributed by atoms with E-state index in [-0.39, 0.29) is 11.6 Å². The minimum absolute atomic E-state index is 0.276. The normalized spacial score (nSPS) is 10.3. The fraction of sp³-hybridized carbons (Fsp3) is 0.312. The molecule has 106 valence electrons. The zero-order valence-corrected chi connectivity index (χ0v) is 11.8. The lowest BCUT2D eigenvalue weighted by Gasteiger charge is -2.09. The minimum atomic E-state index is -0.343. The van der Waals surface area contributed by atoms with Crippen molar-refractivity contribution in [2.45, 2.75) is 26.9 Å². The summed E-state index contributed by atoms with van der Waals surface area (Å²) in [5.74, 6) is 0.778. The number of pyridine rings is 1. The highest BCUT2D eigenvalue weighted by Gasteiger charge is 2.04. The van der Waals surface area contributed by atoms with Gasteiger partial charge in [-0.05, 0) is 37.1 Å². The summed E-state index contributed by atoms with van der Waals surface area (Å²) in [6.07, 6.45) is 2.80. The van der Waals surface area contributed by atoms with E-state index in [1.54, 1.807) is 18.3 Å². The van der Waals surface area contributed by atoms with Gasteiger partial charge in [-0.15, -0.1) is 0 Å². The average Bonchev–Trinajstić information content (AvgIpc) is 2.47. The number of hydrogen-bond donors (Lipinski definition) is 1. The maximum Gasteiger partial charge on any atom is 0.165 e. The van der Waals surface area contributed by atoms with Crippen LogP contribution in [0.5, 0.6) is 5.75 Å². The van der Waals surface area contributed by atoms with Gasteiger partial charge in [0, 0.05) is 18.3 Å². The molecule has 0 atom stereocenters. The SMILES string of the molecule is CCCNc1ccc(COc2cc(C)ccc2F)cn1. The van der Waals surface area contributed by atoms with Crippen molar-refractivity contribution in [1.82, 2.24) is 4.98 Å². The third kappa shape index (κ3) is 3.95. The molecule has 3 nitrogen and oxygen atoms in total. The zero-order valence-electron chi connectivity index (χ0n) is 11.8. The van der Waals surface area contributed by atoms with Gasteiger partial charge in [0.25, 0.3) is 0 Å². The largest absolute Gasteiger partial charge is 0.486 e. The Kier molecular flexibility index (Phi) is 4.93. The van der Waals surface area contributed by atoms with Gasteiger partial charge in [0.1, 0.15) is 12.4 Å². The summed E-state index contributed by atoms with van der Waals surface area (Å²) in [4.78, 5) is 4.28. The van der Waals surface area contributed by atoms with Crippen molar-refractivity contribution in [2.24, 2.45) is 0 Å². The molecule has 0 aliphatic heterocycles. The Bertz CT molecular complexity index is 555. The van der Waals surface area contributed by atoms with Gasteiger partial charge >= 0.3 is 0 Å². The Balaban J connectivity index is 1.95. The number of aryl methyl sites for hydroxylation is 1. The lowest BCUT2D eigenvalue weighted by Crippen LogP contribution is -2.03. The first-order valence-corrected chi connectivity index (χ1v) is 6.77. The summed E-state index contributed by atoms with van der Waals surface area (Å²) in [6, 6.07) is 8.66. The van der Waals surface area contributed by atoms with Crippen molar-refractivity contribution >= 4 is 5.82 Å². The summed E-state index contributed by atoms with van der Waals surface area (Å²) in [5, 5.41) is 3.20. The molecular formula is C16H19FN2O. The van der Waals surface area contributed by atoms with Crippen LogP contribution < -0.4 is 10.1 Å². The molecule has 1 heterocycles. The van der Waals surface area contributed by atoms with Gasteiger partial charge in [-0.2, -0.15) is 0 Å². The van der Waals surface area contributed by atoms with Crippen LogP contribution >= 0.6 is 0 Å². The number of nitrogens with zero attached hydrogens (tertiary/aromatic N) is 1. The van der Waals surface area contributed by atoms with Gasteiger partial charge in [-0.1, -0.05) is 19.1 Å². The second-order valence-corrected chi connectivity index (χ2v) is 4.70. The van der Waals surface area contributed by atoms with E-state index in [2.05, 4.69) is 17.2 Å². The van der Waals surface area contributed by atoms with Crippen LogP contribution in [0.25, 0.3) is 0 Å². The van der Waals surface area contributed by atoms with E-state index in [9.17, 15) is 4.39 Å². The highest BCUT2D eigenvalue weighted by atomic mass is 19.1. The summed E-state index contributed by atoms with van der Waals surface area (Å²) >= 11 is 0. The number of benzene rings is 1. The Hall–Kier alpha value is -2.10. The lowest BCUT2D eigenvalue weighted by atomic mass is 10.2. The van der Waals surface area contributed by atoms with E-state index >= 15 is 0 Å². The topological polar surface area (TPSA) is 34.1 Å². The van der Waals surface area contributed by atoms with Crippen LogP contribution in [0.15, 0.2) is 36.5 Å². The lowest BCUT2D eigenvalue weighted by molar-refractivity contribution is 0.289. The van der Waals surface area contributed by atoms with Crippen LogP contribution in [0.3, 0.4) is 0 Å². The van der Waals surface area contributed by atoms with E-state index in [0.29, 0.717) is 6.61 Å². The van der Waals surface area contributed by atoms with Crippen LogP contribution in [0, 0.1) is 12.7 Å². The number of nitrogens with one attached hydrogen (secondary N) is 1. The number of ether oxygens (including phenoxy) is 1. The van der Waals surface area contributed by atoms with Crippen molar-refractivity contribution < 1.29 is 9.13 Å². The Labute approximate surface area is 118 Å². The van der Waals surface area contributed by atoms with Gasteiger partial charge in [0.05, 0.1) is 0 Å². The van der Waals surface area contributed by atoms with E-state index in [1.807, 2.05) is 19.1 Å². The summed E-state index contributed by atoms with van der Waals surface area (Å²) in [7, 11) is 0. The molecule has 0 saturated heterocycles. The van der Waals surface area contributed by atoms with Gasteiger partial charge in [-0.25, -0.2) is 9.37 Å². The molecule has 0 saturated carbocycles. The molecule has 0 spiro atoms. The smallest absolute Gasteiger partial charge is 0.165 e. The highest BCUT2D eigenvalue weighted by Crippen LogP contribution is 2.19. The maximum absolute atomic E-state index is 13.5. The van der Waals surface area contributed by atoms with Crippen molar-refractivity contribution in [3.8, 4) is 5.75 Å². The van der Waals surface area contributed by atoms with Crippen LogP contribution in [0.1, 0.15) is 24.5 Å². The second-order valence-electron chi connectivity index (χ2n) is 4.70. The van der Waals surface area contributed by atoms with Crippen molar-refractivity contribution in [3.05, 3.63) is 53.5 Å². The second kappa shape index (κ2) is 6.89. The minimum Gasteiger partial charge on any atom is -0.486 e. The molecular weight excluding hydrogens is 255 g/mol. The number of aromatic nitrogens is 1. The Morgan fingerprint density at radius 1 is 1.25 bits per heavy atom. The average molecular weight is 274 g/mol. The molecule has 4 heteroatoms. The number of rotatable bonds is 6. The molecule has 1 aromatic carbocycles. The van der Waals surface area contributed by atoms with Crippen LogP contribution in [0.4, 0.5) is 10.2 Å². The Morgan fingerprint density at radius 2 is 2.10 bits per heavy atom. The quantitative estimate of drug-likeness (QED) is 0.866. The molecule has 0 unspecified atom stereocenters. The molecule has 0 amide bonds. The van der Waals surface area contributed by atoms with Gasteiger partial charge < -0.3 is 10.1 Å². The van der Waals surface area contributed by atoms with Gasteiger partial charge in [0.15, 0.2) is 11.6 Å². The van der Waals surface area contributed by atoms with E-state index in [4.69, 9.17) is 4.74 Å². The third-order valence-corrected chi connectivity index (χ3v) is 2.86. The zero-order chi connectivity index (χ0) is 14.4. The van der Waals surface area contributed by atoms with Crippen molar-refractivity contribution in [3.63, 3.8) is 0 Å². The molecule has 2 aromatic rings. The number of anilines is 1. The number of halogens is 1. The van der Waals surface area contributed by atoms with Crippen LogP contribution in [-0.2, 0) is 6.61 Å². The molecule has 1 N–H and O–H groups in total. The van der Waals surface area contributed by atoms with E-state index in [0.717, 1.165) is 29.9 Å². The van der Waals surface area contributed by atoms with E-state index in [1.165, 1.54) is 6.07 Å². The fourth-order valence-electron chi connectivity index (χ4n) is 1.75. The van der Waals surface area contributed by atoms with Crippen LogP contribution in [-0.4, -0.2) is 11.5 Å². The predicted octanol–water partition coefficient (Wildman–Crippen LogP) is 3.93. The van der Waals surface area contributed by atoms with Crippen molar-refractivity contribution in [2.75, 3.05) is 11.9 Å². The summed E-state index contributed by atoms with van der Waals surface area (Å²) < 4.78 is 19.0. The third-order valence-electron chi connectivity index (χ3n) is 2.86. The molecule has 0 bridgehead atoms. The van der Waals surface area contributed by atoms with Crippen molar-refractivity contribution in [1.29, 1.82) is 0 Å². The van der Waals surface area contributed by atoms with Crippen LogP contribution in [0.2, 0.25) is 0 Å². The van der Waals surface area contributed by atoms with Gasteiger partial charge in [0.2, 0.25) is 0 Å². The summed E-state index contributed by atoms with van der Waals surface area (Å²) in [6.45, 7) is 5.21. The maximum atomic E-state index is 13.5. The fourth-order valence-corrected chi connectivity index (χ4v) is 1.75. The molecule has 20 heavy (non-hydrogen) atoms. The standard InChI is InChI=1S/C16H19FN2O/c1-3-8-18-16-7-5-13(10-19-16)11-20-15-9-12(2)4-6-14(15)17/h4-7,9-10H,3,8,11H2,1-2H3,(H,18,19). The molecule has 0 radical (unpaired) electrons. The molecule has 1 aromatic heterocycles.